The molecule has 2 aromatic rings. The number of aromatic nitrogens is 1. The van der Waals surface area contributed by atoms with Crippen LogP contribution in [-0.4, -0.2) is 23.3 Å². The van der Waals surface area contributed by atoms with Crippen LogP contribution < -0.4 is 10.9 Å². The molecule has 1 aromatic carbocycles. The van der Waals surface area contributed by atoms with E-state index in [2.05, 4.69) is 21.2 Å². The molecular formula is C13H11ClN4O3. The van der Waals surface area contributed by atoms with Gasteiger partial charge in [0.05, 0.1) is 6.54 Å². The van der Waals surface area contributed by atoms with E-state index in [0.29, 0.717) is 23.0 Å². The predicted molar refractivity (Wildman–Crippen MR) is 75.3 cm³/mol. The normalized spacial score (nSPS) is 16.2. The van der Waals surface area contributed by atoms with Crippen LogP contribution in [0.25, 0.3) is 11.3 Å². The third-order valence-corrected chi connectivity index (χ3v) is 3.05. The number of carbonyl (C=O) groups excluding carboxylic acids is 1. The molecule has 0 radical (unpaired) electrons. The highest BCUT2D eigenvalue weighted by Gasteiger charge is 2.18. The number of carbonyl (C=O) groups is 1. The van der Waals surface area contributed by atoms with Gasteiger partial charge in [-0.1, -0.05) is 34.0 Å². The van der Waals surface area contributed by atoms with Crippen LogP contribution in [0.5, 0.6) is 0 Å². The number of benzene rings is 1. The number of hydrazine groups is 1. The largest absolute Gasteiger partial charge is 0.387 e. The van der Waals surface area contributed by atoms with Gasteiger partial charge in [0, 0.05) is 16.7 Å². The Morgan fingerprint density at radius 2 is 2.19 bits per heavy atom. The Bertz CT molecular complexity index is 681. The molecule has 0 saturated carbocycles. The number of halogens is 1. The van der Waals surface area contributed by atoms with Crippen LogP contribution in [-0.2, 0) is 16.2 Å². The van der Waals surface area contributed by atoms with Gasteiger partial charge >= 0.3 is 0 Å². The lowest BCUT2D eigenvalue weighted by molar-refractivity contribution is -0.114. The summed E-state index contributed by atoms with van der Waals surface area (Å²) in [4.78, 5) is 16.3. The van der Waals surface area contributed by atoms with Crippen molar-refractivity contribution in [1.29, 1.82) is 0 Å². The first-order valence-corrected chi connectivity index (χ1v) is 6.54. The number of nitrogens with zero attached hydrogens (tertiary/aromatic N) is 2. The van der Waals surface area contributed by atoms with Crippen LogP contribution in [0.15, 0.2) is 40.0 Å². The summed E-state index contributed by atoms with van der Waals surface area (Å²) in [7, 11) is 0. The highest BCUT2D eigenvalue weighted by Crippen LogP contribution is 2.21. The summed E-state index contributed by atoms with van der Waals surface area (Å²) in [5, 5.41) is 8.33. The van der Waals surface area contributed by atoms with Crippen LogP contribution in [0.1, 0.15) is 5.76 Å². The van der Waals surface area contributed by atoms with Gasteiger partial charge in [-0.3, -0.25) is 10.2 Å². The van der Waals surface area contributed by atoms with Gasteiger partial charge in [-0.2, -0.15) is 0 Å². The molecule has 21 heavy (non-hydrogen) atoms. The fourth-order valence-corrected chi connectivity index (χ4v) is 1.87. The average molecular weight is 307 g/mol. The summed E-state index contributed by atoms with van der Waals surface area (Å²) in [6.07, 6.45) is 0. The topological polar surface area (TPSA) is 88.8 Å². The quantitative estimate of drug-likeness (QED) is 0.836. The predicted octanol–water partition coefficient (Wildman–Crippen LogP) is 1.50. The number of nitrogens with one attached hydrogen (secondary N) is 2. The number of hydrogen-bond donors (Lipinski definition) is 2. The van der Waals surface area contributed by atoms with E-state index < -0.39 is 0 Å². The molecular weight excluding hydrogens is 296 g/mol. The summed E-state index contributed by atoms with van der Waals surface area (Å²) in [5.41, 5.74) is 6.90. The number of oxime groups is 1. The molecule has 0 atom stereocenters. The van der Waals surface area contributed by atoms with Crippen molar-refractivity contribution in [3.8, 4) is 11.3 Å². The van der Waals surface area contributed by atoms with E-state index >= 15 is 0 Å². The Morgan fingerprint density at radius 1 is 1.38 bits per heavy atom. The maximum Gasteiger partial charge on any atom is 0.284 e. The fourth-order valence-electron chi connectivity index (χ4n) is 1.75. The Balaban J connectivity index is 1.63. The molecule has 1 aromatic heterocycles. The van der Waals surface area contributed by atoms with Gasteiger partial charge in [0.2, 0.25) is 0 Å². The molecule has 1 aliphatic heterocycles. The third-order valence-electron chi connectivity index (χ3n) is 2.80. The number of rotatable bonds is 4. The Labute approximate surface area is 124 Å². The summed E-state index contributed by atoms with van der Waals surface area (Å²) in [5.74, 6) is 0.213. The van der Waals surface area contributed by atoms with Crippen LogP contribution in [0.2, 0.25) is 5.02 Å². The van der Waals surface area contributed by atoms with Crippen LogP contribution in [0, 0.1) is 0 Å². The first kappa shape index (κ1) is 13.6. The summed E-state index contributed by atoms with van der Waals surface area (Å²) >= 11 is 5.83. The number of hydrogen-bond acceptors (Lipinski definition) is 6. The molecule has 2 N–H and O–H groups in total. The molecule has 0 unspecified atom stereocenters. The minimum atomic E-state index is -0.297. The van der Waals surface area contributed by atoms with Crippen molar-refractivity contribution in [2.75, 3.05) is 6.54 Å². The molecule has 2 heterocycles. The lowest BCUT2D eigenvalue weighted by Gasteiger charge is -1.95. The average Bonchev–Trinajstić information content (AvgIpc) is 3.10. The maximum absolute atomic E-state index is 11.2. The molecule has 1 saturated heterocycles. The van der Waals surface area contributed by atoms with Crippen molar-refractivity contribution >= 4 is 23.2 Å². The van der Waals surface area contributed by atoms with Gasteiger partial charge in [-0.05, 0) is 12.1 Å². The minimum Gasteiger partial charge on any atom is -0.387 e. The first-order chi connectivity index (χ1) is 10.2. The van der Waals surface area contributed by atoms with Gasteiger partial charge < -0.3 is 9.36 Å². The minimum absolute atomic E-state index is 0.0946. The van der Waals surface area contributed by atoms with E-state index in [1.165, 1.54) is 0 Å². The van der Waals surface area contributed by atoms with Crippen molar-refractivity contribution in [2.24, 2.45) is 5.16 Å². The molecule has 108 valence electrons. The zero-order valence-corrected chi connectivity index (χ0v) is 11.6. The third kappa shape index (κ3) is 3.21. The first-order valence-electron chi connectivity index (χ1n) is 6.16. The summed E-state index contributed by atoms with van der Waals surface area (Å²) in [6, 6.07) is 8.99. The standard InChI is InChI=1S/C13H11ClN4O3/c14-9-3-1-8(2-4-9)11-5-10(21-18-11)7-20-17-12-6-15-16-13(12)19/h1-5,15H,6-7H2,(H,16,19). The molecule has 1 aliphatic rings. The number of amides is 1. The van der Waals surface area contributed by atoms with Crippen LogP contribution in [0.3, 0.4) is 0 Å². The second-order valence-corrected chi connectivity index (χ2v) is 4.74. The van der Waals surface area contributed by atoms with Gasteiger partial charge in [0.25, 0.3) is 5.91 Å². The SMILES string of the molecule is O=C1NNCC1=NOCc1cc(-c2ccc(Cl)cc2)no1. The fraction of sp³-hybridized carbons (Fsp3) is 0.154. The van der Waals surface area contributed by atoms with Crippen LogP contribution in [0.4, 0.5) is 0 Å². The van der Waals surface area contributed by atoms with E-state index in [1.807, 2.05) is 12.1 Å². The van der Waals surface area contributed by atoms with Gasteiger partial charge in [0.1, 0.15) is 5.69 Å². The highest BCUT2D eigenvalue weighted by molar-refractivity contribution is 6.41. The Kier molecular flexibility index (Phi) is 3.85. The zero-order chi connectivity index (χ0) is 14.7. The van der Waals surface area contributed by atoms with Crippen molar-refractivity contribution in [2.45, 2.75) is 6.61 Å². The molecule has 8 heteroatoms. The highest BCUT2D eigenvalue weighted by atomic mass is 35.5. The van der Waals surface area contributed by atoms with Gasteiger partial charge in [-0.25, -0.2) is 5.43 Å². The second kappa shape index (κ2) is 5.94. The summed E-state index contributed by atoms with van der Waals surface area (Å²) < 4.78 is 5.15. The van der Waals surface area contributed by atoms with E-state index in [-0.39, 0.29) is 18.2 Å². The van der Waals surface area contributed by atoms with Gasteiger partial charge in [0.15, 0.2) is 18.1 Å². The molecule has 0 bridgehead atoms. The van der Waals surface area contributed by atoms with E-state index in [1.54, 1.807) is 18.2 Å². The lowest BCUT2D eigenvalue weighted by Crippen LogP contribution is -2.26. The Morgan fingerprint density at radius 3 is 2.90 bits per heavy atom. The van der Waals surface area contributed by atoms with Crippen molar-refractivity contribution in [3.63, 3.8) is 0 Å². The molecule has 7 nitrogen and oxygen atoms in total. The van der Waals surface area contributed by atoms with E-state index in [9.17, 15) is 4.79 Å². The second-order valence-electron chi connectivity index (χ2n) is 4.30. The van der Waals surface area contributed by atoms with Gasteiger partial charge in [-0.15, -0.1) is 0 Å². The zero-order valence-electron chi connectivity index (χ0n) is 10.8. The van der Waals surface area contributed by atoms with Crippen molar-refractivity contribution in [1.82, 2.24) is 16.0 Å². The van der Waals surface area contributed by atoms with Crippen LogP contribution >= 0.6 is 11.6 Å². The molecule has 0 spiro atoms. The molecule has 3 rings (SSSR count). The smallest absolute Gasteiger partial charge is 0.284 e. The lowest BCUT2D eigenvalue weighted by atomic mass is 10.1. The molecule has 0 aliphatic carbocycles. The van der Waals surface area contributed by atoms with E-state index in [0.717, 1.165) is 5.56 Å². The Hall–Kier alpha value is -2.38. The monoisotopic (exact) mass is 306 g/mol. The molecule has 1 fully saturated rings. The van der Waals surface area contributed by atoms with E-state index in [4.69, 9.17) is 21.0 Å². The molecule has 1 amide bonds. The van der Waals surface area contributed by atoms with Crippen molar-refractivity contribution in [3.05, 3.63) is 41.1 Å². The maximum atomic E-state index is 11.2. The van der Waals surface area contributed by atoms with Crippen molar-refractivity contribution < 1.29 is 14.2 Å². The summed E-state index contributed by atoms with van der Waals surface area (Å²) in [6.45, 7) is 0.419.